The maximum atomic E-state index is 14.0. The molecule has 232 valence electrons. The summed E-state index contributed by atoms with van der Waals surface area (Å²) in [5.74, 6) is 0.170. The first-order valence-corrected chi connectivity index (χ1v) is 16.4. The van der Waals surface area contributed by atoms with E-state index in [2.05, 4.69) is 5.32 Å². The predicted octanol–water partition coefficient (Wildman–Crippen LogP) is 5.41. The number of rotatable bonds is 13. The molecule has 43 heavy (non-hydrogen) atoms. The summed E-state index contributed by atoms with van der Waals surface area (Å²) < 4.78 is 32.4. The van der Waals surface area contributed by atoms with Crippen LogP contribution in [0.4, 0.5) is 5.69 Å². The molecule has 0 aliphatic rings. The van der Waals surface area contributed by atoms with E-state index in [9.17, 15) is 18.0 Å². The molecule has 0 bridgehead atoms. The van der Waals surface area contributed by atoms with Crippen molar-refractivity contribution in [2.75, 3.05) is 24.2 Å². The van der Waals surface area contributed by atoms with Gasteiger partial charge in [0.15, 0.2) is 0 Å². The van der Waals surface area contributed by atoms with E-state index in [1.165, 1.54) is 10.6 Å². The smallest absolute Gasteiger partial charge is 0.243 e. The third-order valence-electron chi connectivity index (χ3n) is 7.04. The normalized spacial score (nSPS) is 12.3. The fraction of sp³-hybridized carbons (Fsp3) is 0.412. The van der Waals surface area contributed by atoms with Gasteiger partial charge in [-0.3, -0.25) is 13.9 Å². The Labute approximate surface area is 257 Å². The summed E-state index contributed by atoms with van der Waals surface area (Å²) in [5, 5.41) is 3.07. The molecular formula is C34H45N3O5S. The van der Waals surface area contributed by atoms with Crippen molar-refractivity contribution in [2.24, 2.45) is 0 Å². The van der Waals surface area contributed by atoms with E-state index >= 15 is 0 Å². The van der Waals surface area contributed by atoms with Crippen LogP contribution in [0.2, 0.25) is 0 Å². The molecule has 0 aromatic heterocycles. The molecule has 0 heterocycles. The lowest BCUT2D eigenvalue weighted by Crippen LogP contribution is -2.54. The average molecular weight is 608 g/mol. The van der Waals surface area contributed by atoms with Gasteiger partial charge in [-0.25, -0.2) is 8.42 Å². The minimum absolute atomic E-state index is 0.0644. The van der Waals surface area contributed by atoms with Crippen LogP contribution in [0, 0.1) is 13.8 Å². The van der Waals surface area contributed by atoms with E-state index in [-0.39, 0.29) is 37.7 Å². The fourth-order valence-corrected chi connectivity index (χ4v) is 5.96. The highest BCUT2D eigenvalue weighted by molar-refractivity contribution is 7.92. The van der Waals surface area contributed by atoms with Gasteiger partial charge in [-0.1, -0.05) is 54.6 Å². The van der Waals surface area contributed by atoms with Crippen LogP contribution in [0.3, 0.4) is 0 Å². The second-order valence-corrected chi connectivity index (χ2v) is 14.0. The number of benzene rings is 3. The summed E-state index contributed by atoms with van der Waals surface area (Å²) >= 11 is 0. The molecule has 1 N–H and O–H groups in total. The number of aryl methyl sites for hydroxylation is 2. The Bertz CT molecular complexity index is 1500. The van der Waals surface area contributed by atoms with Crippen LogP contribution in [-0.2, 0) is 32.6 Å². The number of carbonyl (C=O) groups excluding carboxylic acids is 2. The topological polar surface area (TPSA) is 96.0 Å². The predicted molar refractivity (Wildman–Crippen MR) is 173 cm³/mol. The maximum Gasteiger partial charge on any atom is 0.243 e. The van der Waals surface area contributed by atoms with Crippen LogP contribution in [0.25, 0.3) is 0 Å². The molecule has 1 unspecified atom stereocenters. The minimum atomic E-state index is -3.59. The maximum absolute atomic E-state index is 14.0. The number of nitrogens with one attached hydrogen (secondary N) is 1. The van der Waals surface area contributed by atoms with Gasteiger partial charge in [0.1, 0.15) is 11.8 Å². The lowest BCUT2D eigenvalue weighted by atomic mass is 10.00. The fourth-order valence-electron chi connectivity index (χ4n) is 4.94. The number of ether oxygens (including phenoxy) is 1. The summed E-state index contributed by atoms with van der Waals surface area (Å²) in [4.78, 5) is 29.4. The zero-order valence-corrected chi connectivity index (χ0v) is 27.2. The van der Waals surface area contributed by atoms with E-state index in [0.717, 1.165) is 22.3 Å². The molecule has 0 saturated carbocycles. The second-order valence-electron chi connectivity index (χ2n) is 12.0. The van der Waals surface area contributed by atoms with Gasteiger partial charge in [0, 0.05) is 31.5 Å². The van der Waals surface area contributed by atoms with Crippen molar-refractivity contribution in [1.29, 1.82) is 0 Å². The van der Waals surface area contributed by atoms with E-state index in [0.29, 0.717) is 17.9 Å². The van der Waals surface area contributed by atoms with Crippen molar-refractivity contribution in [2.45, 2.75) is 72.0 Å². The Morgan fingerprint density at radius 2 is 1.60 bits per heavy atom. The van der Waals surface area contributed by atoms with E-state index in [1.54, 1.807) is 12.0 Å². The lowest BCUT2D eigenvalue weighted by Gasteiger charge is -2.34. The lowest BCUT2D eigenvalue weighted by molar-refractivity contribution is -0.142. The van der Waals surface area contributed by atoms with E-state index in [4.69, 9.17) is 4.74 Å². The zero-order chi connectivity index (χ0) is 31.8. The second kappa shape index (κ2) is 14.6. The van der Waals surface area contributed by atoms with Crippen molar-refractivity contribution < 1.29 is 22.7 Å². The van der Waals surface area contributed by atoms with Crippen molar-refractivity contribution >= 4 is 27.5 Å². The molecule has 0 aliphatic carbocycles. The summed E-state index contributed by atoms with van der Waals surface area (Å²) in [6.07, 6.45) is 1.86. The summed E-state index contributed by atoms with van der Waals surface area (Å²) in [6.45, 7) is 9.84. The highest BCUT2D eigenvalue weighted by Crippen LogP contribution is 2.25. The molecular weight excluding hydrogens is 562 g/mol. The Balaban J connectivity index is 1.94. The molecule has 0 saturated heterocycles. The third kappa shape index (κ3) is 10.1. The summed E-state index contributed by atoms with van der Waals surface area (Å²) in [5.41, 5.74) is 3.64. The molecule has 0 fully saturated rings. The molecule has 0 radical (unpaired) electrons. The first kappa shape index (κ1) is 33.6. The Morgan fingerprint density at radius 1 is 0.930 bits per heavy atom. The standard InChI is InChI=1S/C34H45N3O5S/c1-25-18-19-26(2)30(21-25)37(43(7,40)41)20-12-17-32(38)36(24-28-15-11-16-29(22-28)42-6)31(33(39)35-34(3,4)5)23-27-13-9-8-10-14-27/h8-11,13-16,18-19,21-22,31H,12,17,20,23-24H2,1-7H3,(H,35,39). The SMILES string of the molecule is COc1cccc(CN(C(=O)CCCN(c2cc(C)ccc2C)S(C)(=O)=O)C(Cc2ccccc2)C(=O)NC(C)(C)C)c1. The van der Waals surface area contributed by atoms with Gasteiger partial charge in [0.05, 0.1) is 19.1 Å². The van der Waals surface area contributed by atoms with Crippen LogP contribution in [0.5, 0.6) is 5.75 Å². The van der Waals surface area contributed by atoms with Gasteiger partial charge in [0.2, 0.25) is 21.8 Å². The Kier molecular flexibility index (Phi) is 11.4. The van der Waals surface area contributed by atoms with Crippen LogP contribution in [0.1, 0.15) is 55.9 Å². The zero-order valence-electron chi connectivity index (χ0n) is 26.4. The molecule has 0 aliphatic heterocycles. The largest absolute Gasteiger partial charge is 0.497 e. The quantitative estimate of drug-likeness (QED) is 0.280. The highest BCUT2D eigenvalue weighted by Gasteiger charge is 2.32. The monoisotopic (exact) mass is 607 g/mol. The van der Waals surface area contributed by atoms with Crippen LogP contribution < -0.4 is 14.4 Å². The van der Waals surface area contributed by atoms with E-state index < -0.39 is 21.6 Å². The van der Waals surface area contributed by atoms with Gasteiger partial charge in [-0.05, 0) is 81.5 Å². The third-order valence-corrected chi connectivity index (χ3v) is 8.22. The molecule has 8 nitrogen and oxygen atoms in total. The van der Waals surface area contributed by atoms with E-state index in [1.807, 2.05) is 107 Å². The van der Waals surface area contributed by atoms with Crippen LogP contribution >= 0.6 is 0 Å². The summed E-state index contributed by atoms with van der Waals surface area (Å²) in [6, 6.07) is 22.0. The minimum Gasteiger partial charge on any atom is -0.497 e. The molecule has 2 amide bonds. The average Bonchev–Trinajstić information content (AvgIpc) is 2.93. The molecule has 3 aromatic rings. The van der Waals surface area contributed by atoms with Crippen molar-refractivity contribution in [3.05, 3.63) is 95.1 Å². The molecule has 0 spiro atoms. The van der Waals surface area contributed by atoms with Gasteiger partial charge < -0.3 is 15.0 Å². The number of anilines is 1. The molecule has 3 rings (SSSR count). The number of nitrogens with zero attached hydrogens (tertiary/aromatic N) is 2. The Hall–Kier alpha value is -3.85. The highest BCUT2D eigenvalue weighted by atomic mass is 32.2. The first-order chi connectivity index (χ1) is 20.2. The number of sulfonamides is 1. The van der Waals surface area contributed by atoms with Crippen LogP contribution in [-0.4, -0.2) is 56.6 Å². The van der Waals surface area contributed by atoms with Crippen LogP contribution in [0.15, 0.2) is 72.8 Å². The van der Waals surface area contributed by atoms with Gasteiger partial charge >= 0.3 is 0 Å². The number of hydrogen-bond acceptors (Lipinski definition) is 5. The van der Waals surface area contributed by atoms with Crippen molar-refractivity contribution in [1.82, 2.24) is 10.2 Å². The van der Waals surface area contributed by atoms with Gasteiger partial charge in [0.25, 0.3) is 0 Å². The molecule has 3 aromatic carbocycles. The van der Waals surface area contributed by atoms with Gasteiger partial charge in [-0.15, -0.1) is 0 Å². The van der Waals surface area contributed by atoms with Crippen molar-refractivity contribution in [3.63, 3.8) is 0 Å². The number of methoxy groups -OCH3 is 1. The number of amides is 2. The number of carbonyl (C=O) groups is 2. The number of hydrogen-bond donors (Lipinski definition) is 1. The molecule has 1 atom stereocenters. The Morgan fingerprint density at radius 3 is 2.23 bits per heavy atom. The summed E-state index contributed by atoms with van der Waals surface area (Å²) in [7, 11) is -2.01. The first-order valence-electron chi connectivity index (χ1n) is 14.5. The van der Waals surface area contributed by atoms with Gasteiger partial charge in [-0.2, -0.15) is 0 Å². The van der Waals surface area contributed by atoms with Crippen molar-refractivity contribution in [3.8, 4) is 5.75 Å². The molecule has 9 heteroatoms.